The largest absolute Gasteiger partial charge is 0.444 e. The van der Waals surface area contributed by atoms with Crippen LogP contribution in [-0.2, 0) is 11.3 Å². The number of imidazole rings is 1. The van der Waals surface area contributed by atoms with Gasteiger partial charge in [0.2, 0.25) is 0 Å². The number of alkyl carbamates (subject to hydrolysis) is 1. The normalized spacial score (nSPS) is 17.7. The second-order valence-corrected chi connectivity index (χ2v) is 8.36. The van der Waals surface area contributed by atoms with Crippen molar-refractivity contribution in [3.8, 4) is 0 Å². The molecule has 130 valence electrons. The van der Waals surface area contributed by atoms with E-state index in [1.807, 2.05) is 45.1 Å². The van der Waals surface area contributed by atoms with E-state index in [4.69, 9.17) is 4.74 Å². The summed E-state index contributed by atoms with van der Waals surface area (Å²) in [5.41, 5.74) is 0.583. The minimum absolute atomic E-state index is 0.0645. The van der Waals surface area contributed by atoms with Crippen molar-refractivity contribution in [2.75, 3.05) is 11.5 Å². The Labute approximate surface area is 143 Å². The first-order valence-corrected chi connectivity index (χ1v) is 9.61. The van der Waals surface area contributed by atoms with Crippen LogP contribution in [0.3, 0.4) is 0 Å². The highest BCUT2D eigenvalue weighted by Gasteiger charge is 2.23. The van der Waals surface area contributed by atoms with Gasteiger partial charge in [0, 0.05) is 6.54 Å². The van der Waals surface area contributed by atoms with Crippen LogP contribution in [0.15, 0.2) is 12.5 Å². The van der Waals surface area contributed by atoms with Crippen LogP contribution in [0.25, 0.3) is 0 Å². The molecule has 1 aromatic heterocycles. The number of nitrogens with zero attached hydrogens (tertiary/aromatic N) is 2. The number of hydrogen-bond donors (Lipinski definition) is 1. The molecule has 0 aromatic carbocycles. The number of aromatic nitrogens is 2. The highest BCUT2D eigenvalue weighted by Crippen LogP contribution is 2.26. The maximum absolute atomic E-state index is 12.1. The van der Waals surface area contributed by atoms with Crippen LogP contribution in [0.1, 0.15) is 58.7 Å². The third-order valence-electron chi connectivity index (χ3n) is 4.00. The minimum Gasteiger partial charge on any atom is -0.444 e. The van der Waals surface area contributed by atoms with Crippen molar-refractivity contribution in [3.63, 3.8) is 0 Å². The second kappa shape index (κ2) is 8.08. The van der Waals surface area contributed by atoms with E-state index < -0.39 is 5.60 Å². The molecule has 5 nitrogen and oxygen atoms in total. The van der Waals surface area contributed by atoms with E-state index in [0.717, 1.165) is 18.7 Å². The predicted octanol–water partition coefficient (Wildman–Crippen LogP) is 4.00. The summed E-state index contributed by atoms with van der Waals surface area (Å²) in [6, 6.07) is -0.0645. The van der Waals surface area contributed by atoms with Crippen molar-refractivity contribution in [2.24, 2.45) is 5.92 Å². The number of ether oxygens (including phenoxy) is 1. The molecule has 2 rings (SSSR count). The lowest BCUT2D eigenvalue weighted by Gasteiger charge is -2.26. The molecule has 1 aromatic rings. The summed E-state index contributed by atoms with van der Waals surface area (Å²) in [6.07, 6.45) is 6.72. The minimum atomic E-state index is -0.484. The smallest absolute Gasteiger partial charge is 0.408 e. The lowest BCUT2D eigenvalue weighted by atomic mass is 10.0. The SMILES string of the molecule is CC[C@@H](NC(=O)OC(C)(C)C)c1cncn1CC1CCSCC1. The Morgan fingerprint density at radius 1 is 1.48 bits per heavy atom. The second-order valence-electron chi connectivity index (χ2n) is 7.13. The highest BCUT2D eigenvalue weighted by molar-refractivity contribution is 7.99. The number of amides is 1. The summed E-state index contributed by atoms with van der Waals surface area (Å²) in [4.78, 5) is 16.4. The van der Waals surface area contributed by atoms with E-state index in [1.165, 1.54) is 24.3 Å². The van der Waals surface area contributed by atoms with Crippen LogP contribution in [-0.4, -0.2) is 32.8 Å². The van der Waals surface area contributed by atoms with Gasteiger partial charge in [0.15, 0.2) is 0 Å². The van der Waals surface area contributed by atoms with Gasteiger partial charge < -0.3 is 14.6 Å². The van der Waals surface area contributed by atoms with Crippen molar-refractivity contribution >= 4 is 17.9 Å². The van der Waals surface area contributed by atoms with E-state index >= 15 is 0 Å². The first-order valence-electron chi connectivity index (χ1n) is 8.46. The number of thioether (sulfide) groups is 1. The van der Waals surface area contributed by atoms with Crippen molar-refractivity contribution in [2.45, 2.75) is 65.1 Å². The molecule has 0 spiro atoms. The summed E-state index contributed by atoms with van der Waals surface area (Å²) < 4.78 is 7.58. The van der Waals surface area contributed by atoms with Crippen LogP contribution in [0, 0.1) is 5.92 Å². The van der Waals surface area contributed by atoms with Gasteiger partial charge in [0.25, 0.3) is 0 Å². The molecule has 2 heterocycles. The van der Waals surface area contributed by atoms with E-state index in [0.29, 0.717) is 5.92 Å². The molecule has 0 radical (unpaired) electrons. The monoisotopic (exact) mass is 339 g/mol. The van der Waals surface area contributed by atoms with Gasteiger partial charge in [0.05, 0.1) is 24.3 Å². The van der Waals surface area contributed by atoms with Gasteiger partial charge in [-0.15, -0.1) is 0 Å². The zero-order valence-electron chi connectivity index (χ0n) is 14.7. The molecule has 23 heavy (non-hydrogen) atoms. The zero-order valence-corrected chi connectivity index (χ0v) is 15.5. The van der Waals surface area contributed by atoms with Gasteiger partial charge >= 0.3 is 6.09 Å². The topological polar surface area (TPSA) is 56.1 Å². The Morgan fingerprint density at radius 2 is 2.17 bits per heavy atom. The Balaban J connectivity index is 2.00. The molecule has 1 atom stereocenters. The van der Waals surface area contributed by atoms with Crippen molar-refractivity contribution in [3.05, 3.63) is 18.2 Å². The van der Waals surface area contributed by atoms with Crippen LogP contribution in [0.4, 0.5) is 4.79 Å². The van der Waals surface area contributed by atoms with Gasteiger partial charge in [-0.05, 0) is 57.5 Å². The molecular weight excluding hydrogens is 310 g/mol. The molecule has 1 N–H and O–H groups in total. The summed E-state index contributed by atoms with van der Waals surface area (Å²) in [7, 11) is 0. The van der Waals surface area contributed by atoms with E-state index in [-0.39, 0.29) is 12.1 Å². The average molecular weight is 340 g/mol. The van der Waals surface area contributed by atoms with Crippen molar-refractivity contribution in [1.29, 1.82) is 0 Å². The first-order chi connectivity index (χ1) is 10.9. The number of carbonyl (C=O) groups is 1. The Kier molecular flexibility index (Phi) is 6.39. The lowest BCUT2D eigenvalue weighted by molar-refractivity contribution is 0.0500. The van der Waals surface area contributed by atoms with Gasteiger partial charge in [-0.1, -0.05) is 6.92 Å². The molecule has 1 aliphatic rings. The first kappa shape index (κ1) is 18.2. The molecule has 6 heteroatoms. The quantitative estimate of drug-likeness (QED) is 0.881. The number of hydrogen-bond acceptors (Lipinski definition) is 4. The van der Waals surface area contributed by atoms with Crippen LogP contribution in [0.2, 0.25) is 0 Å². The van der Waals surface area contributed by atoms with E-state index in [9.17, 15) is 4.79 Å². The maximum Gasteiger partial charge on any atom is 0.408 e. The molecule has 0 aliphatic carbocycles. The average Bonchev–Trinajstić information content (AvgIpc) is 2.92. The van der Waals surface area contributed by atoms with Gasteiger partial charge in [-0.3, -0.25) is 0 Å². The standard InChI is InChI=1S/C17H29N3O2S/c1-5-14(19-16(21)22-17(2,3)4)15-10-18-12-20(15)11-13-6-8-23-9-7-13/h10,12-14H,5-9,11H2,1-4H3,(H,19,21)/t14-/m1/s1. The number of nitrogens with one attached hydrogen (secondary N) is 1. The summed E-state index contributed by atoms with van der Waals surface area (Å²) in [6.45, 7) is 8.68. The fourth-order valence-corrected chi connectivity index (χ4v) is 4.02. The third-order valence-corrected chi connectivity index (χ3v) is 5.05. The molecule has 1 aliphatic heterocycles. The van der Waals surface area contributed by atoms with Crippen molar-refractivity contribution < 1.29 is 9.53 Å². The number of carbonyl (C=O) groups excluding carboxylic acids is 1. The molecular formula is C17H29N3O2S. The summed E-state index contributed by atoms with van der Waals surface area (Å²) in [5, 5.41) is 2.98. The summed E-state index contributed by atoms with van der Waals surface area (Å²) in [5.74, 6) is 3.22. The van der Waals surface area contributed by atoms with Crippen LogP contribution < -0.4 is 5.32 Å². The maximum atomic E-state index is 12.1. The van der Waals surface area contributed by atoms with E-state index in [2.05, 4.69) is 21.8 Å². The fraction of sp³-hybridized carbons (Fsp3) is 0.765. The van der Waals surface area contributed by atoms with Crippen LogP contribution in [0.5, 0.6) is 0 Å². The molecule has 1 saturated heterocycles. The summed E-state index contributed by atoms with van der Waals surface area (Å²) >= 11 is 2.04. The highest BCUT2D eigenvalue weighted by atomic mass is 32.2. The van der Waals surface area contributed by atoms with Crippen molar-refractivity contribution in [1.82, 2.24) is 14.9 Å². The Hall–Kier alpha value is -1.17. The Bertz CT molecular complexity index is 504. The molecule has 1 fully saturated rings. The lowest BCUT2D eigenvalue weighted by Crippen LogP contribution is -2.35. The number of rotatable bonds is 5. The molecule has 0 unspecified atom stereocenters. The molecule has 0 saturated carbocycles. The third kappa shape index (κ3) is 5.75. The molecule has 1 amide bonds. The zero-order chi connectivity index (χ0) is 16.9. The van der Waals surface area contributed by atoms with Crippen LogP contribution >= 0.6 is 11.8 Å². The molecule has 0 bridgehead atoms. The van der Waals surface area contributed by atoms with E-state index in [1.54, 1.807) is 0 Å². The van der Waals surface area contributed by atoms with Gasteiger partial charge in [-0.25, -0.2) is 9.78 Å². The van der Waals surface area contributed by atoms with Gasteiger partial charge in [0.1, 0.15) is 5.60 Å². The fourth-order valence-electron chi connectivity index (χ4n) is 2.82. The van der Waals surface area contributed by atoms with Gasteiger partial charge in [-0.2, -0.15) is 11.8 Å². The predicted molar refractivity (Wildman–Crippen MR) is 94.7 cm³/mol. The Morgan fingerprint density at radius 3 is 2.78 bits per heavy atom.